The van der Waals surface area contributed by atoms with Gasteiger partial charge in [-0.15, -0.1) is 0 Å². The fourth-order valence-electron chi connectivity index (χ4n) is 12.8. The summed E-state index contributed by atoms with van der Waals surface area (Å²) in [6.45, 7) is 11.9. The van der Waals surface area contributed by atoms with Crippen molar-refractivity contribution >= 4 is 39.5 Å². The Morgan fingerprint density at radius 3 is 0.745 bits per heavy atom. The largest absolute Gasteiger partial charge is 0.472 e. The van der Waals surface area contributed by atoms with E-state index in [9.17, 15) is 43.2 Å². The van der Waals surface area contributed by atoms with Gasteiger partial charge in [0.25, 0.3) is 0 Å². The van der Waals surface area contributed by atoms with E-state index >= 15 is 0 Å². The quantitative estimate of drug-likeness (QED) is 0.0222. The van der Waals surface area contributed by atoms with Crippen molar-refractivity contribution in [2.24, 2.45) is 17.8 Å². The van der Waals surface area contributed by atoms with Gasteiger partial charge >= 0.3 is 39.5 Å². The third-order valence-corrected chi connectivity index (χ3v) is 21.6. The molecule has 0 aliphatic heterocycles. The van der Waals surface area contributed by atoms with E-state index in [4.69, 9.17) is 37.0 Å². The van der Waals surface area contributed by atoms with Gasteiger partial charge < -0.3 is 33.8 Å². The Balaban J connectivity index is 5.23. The number of ether oxygens (including phenoxy) is 4. The van der Waals surface area contributed by atoms with Crippen LogP contribution in [0.5, 0.6) is 0 Å². The smallest absolute Gasteiger partial charge is 0.462 e. The number of unbranched alkanes of at least 4 members (excludes halogenated alkanes) is 48. The van der Waals surface area contributed by atoms with Crippen molar-refractivity contribution in [3.63, 3.8) is 0 Å². The van der Waals surface area contributed by atoms with Crippen molar-refractivity contribution in [3.05, 3.63) is 0 Å². The molecule has 0 rings (SSSR count). The number of phosphoric acid groups is 2. The third kappa shape index (κ3) is 74.9. The van der Waals surface area contributed by atoms with Crippen molar-refractivity contribution in [1.82, 2.24) is 0 Å². The summed E-state index contributed by atoms with van der Waals surface area (Å²) in [5.74, 6) is 0.210. The molecule has 0 aliphatic rings. The molecule has 17 nitrogen and oxygen atoms in total. The zero-order valence-corrected chi connectivity index (χ0v) is 68.9. The molecule has 0 saturated carbocycles. The number of phosphoric ester groups is 2. The maximum atomic E-state index is 13.1. The van der Waals surface area contributed by atoms with Crippen molar-refractivity contribution in [1.29, 1.82) is 0 Å². The number of carbonyl (C=O) groups is 4. The highest BCUT2D eigenvalue weighted by molar-refractivity contribution is 7.47. The predicted molar refractivity (Wildman–Crippen MR) is 418 cm³/mol. The van der Waals surface area contributed by atoms with E-state index < -0.39 is 97.5 Å². The van der Waals surface area contributed by atoms with Crippen LogP contribution in [0.15, 0.2) is 0 Å². The molecular formula is C83H162O17P2. The van der Waals surface area contributed by atoms with Gasteiger partial charge in [-0.25, -0.2) is 9.13 Å². The van der Waals surface area contributed by atoms with E-state index in [1.807, 2.05) is 0 Å². The molecular weight excluding hydrogens is 1330 g/mol. The molecule has 0 aromatic heterocycles. The van der Waals surface area contributed by atoms with Gasteiger partial charge in [0.2, 0.25) is 0 Å². The van der Waals surface area contributed by atoms with Crippen LogP contribution in [0, 0.1) is 17.8 Å². The van der Waals surface area contributed by atoms with Crippen LogP contribution in [0.3, 0.4) is 0 Å². The van der Waals surface area contributed by atoms with E-state index in [1.54, 1.807) is 0 Å². The molecule has 3 N–H and O–H groups in total. The first-order valence-corrected chi connectivity index (χ1v) is 45.9. The summed E-state index contributed by atoms with van der Waals surface area (Å²) in [7, 11) is -9.92. The summed E-state index contributed by atoms with van der Waals surface area (Å²) in [4.78, 5) is 73.1. The Labute approximate surface area is 626 Å². The van der Waals surface area contributed by atoms with Crippen LogP contribution < -0.4 is 0 Å². The predicted octanol–water partition coefficient (Wildman–Crippen LogP) is 24.9. The lowest BCUT2D eigenvalue weighted by Crippen LogP contribution is -2.30. The number of rotatable bonds is 81. The molecule has 0 aromatic carbocycles. The Morgan fingerprint density at radius 1 is 0.284 bits per heavy atom. The molecule has 19 heteroatoms. The van der Waals surface area contributed by atoms with Gasteiger partial charge in [0, 0.05) is 25.7 Å². The monoisotopic (exact) mass is 1490 g/mol. The van der Waals surface area contributed by atoms with E-state index in [2.05, 4.69) is 48.5 Å². The molecule has 0 saturated heterocycles. The van der Waals surface area contributed by atoms with E-state index in [-0.39, 0.29) is 25.7 Å². The Morgan fingerprint density at radius 2 is 0.500 bits per heavy atom. The molecule has 6 atom stereocenters. The van der Waals surface area contributed by atoms with Gasteiger partial charge in [0.15, 0.2) is 12.2 Å². The number of aliphatic hydroxyl groups is 1. The minimum absolute atomic E-state index is 0.106. The van der Waals surface area contributed by atoms with Gasteiger partial charge in [-0.1, -0.05) is 382 Å². The van der Waals surface area contributed by atoms with Crippen LogP contribution in [0.25, 0.3) is 0 Å². The van der Waals surface area contributed by atoms with Gasteiger partial charge in [-0.05, 0) is 43.4 Å². The second-order valence-electron chi connectivity index (χ2n) is 31.1. The van der Waals surface area contributed by atoms with Crippen LogP contribution in [-0.2, 0) is 65.4 Å². The first kappa shape index (κ1) is 100. The topological polar surface area (TPSA) is 237 Å². The number of hydrogen-bond acceptors (Lipinski definition) is 15. The average Bonchev–Trinajstić information content (AvgIpc) is 0.917. The zero-order valence-electron chi connectivity index (χ0n) is 67.1. The molecule has 0 aromatic rings. The fourth-order valence-corrected chi connectivity index (χ4v) is 14.4. The second-order valence-corrected chi connectivity index (χ2v) is 34.0. The van der Waals surface area contributed by atoms with E-state index in [1.165, 1.54) is 238 Å². The average molecular weight is 1490 g/mol. The molecule has 606 valence electrons. The second kappa shape index (κ2) is 73.2. The van der Waals surface area contributed by atoms with Crippen LogP contribution in [0.2, 0.25) is 0 Å². The standard InChI is InChI=1S/C83H162O17P2/c1-8-10-11-12-13-14-15-16-17-18-19-20-27-32-37-42-50-57-64-80(85)93-70-78(99-82(87)66-60-53-44-39-34-29-24-22-26-31-36-41-49-56-63-76(7)9-2)72-97-101(89,90)95-68-77(84)69-96-102(91,92)98-73-79(71-94-81(86)65-58-51-46-45-48-55-62-75(5)6)100-83(88)67-59-52-43-38-33-28-23-21-25-30-35-40-47-54-61-74(3)4/h74-79,84H,8-73H2,1-7H3,(H,89,90)(H,91,92)/t76?,77-,78-,79-/m1/s1. The minimum Gasteiger partial charge on any atom is -0.462 e. The maximum Gasteiger partial charge on any atom is 0.472 e. The summed E-state index contributed by atoms with van der Waals surface area (Å²) >= 11 is 0. The maximum absolute atomic E-state index is 13.1. The van der Waals surface area contributed by atoms with Crippen LogP contribution >= 0.6 is 15.6 Å². The molecule has 0 bridgehead atoms. The molecule has 0 heterocycles. The number of hydrogen-bond donors (Lipinski definition) is 3. The zero-order chi connectivity index (χ0) is 75.1. The summed E-state index contributed by atoms with van der Waals surface area (Å²) in [6.07, 6.45) is 62.5. The minimum atomic E-state index is -4.96. The van der Waals surface area contributed by atoms with Crippen molar-refractivity contribution in [3.8, 4) is 0 Å². The SMILES string of the molecule is CCCCCCCCCCCCCCCCCCCCC(=O)OC[C@H](COP(=O)(O)OC[C@@H](O)COP(=O)(O)OC[C@@H](COC(=O)CCCCCCCCC(C)C)OC(=O)CCCCCCCCCCCCCCCCC(C)C)OC(=O)CCCCCCCCCCCCCCCCC(C)CC. The highest BCUT2D eigenvalue weighted by atomic mass is 31.2. The highest BCUT2D eigenvalue weighted by Gasteiger charge is 2.30. The molecule has 0 amide bonds. The van der Waals surface area contributed by atoms with Crippen LogP contribution in [0.4, 0.5) is 0 Å². The summed E-state index contributed by atoms with van der Waals surface area (Å²) < 4.78 is 68.8. The Bertz CT molecular complexity index is 1980. The summed E-state index contributed by atoms with van der Waals surface area (Å²) in [5, 5.41) is 10.7. The van der Waals surface area contributed by atoms with Crippen molar-refractivity contribution in [2.45, 2.75) is 452 Å². The Kier molecular flexibility index (Phi) is 71.8. The lowest BCUT2D eigenvalue weighted by atomic mass is 9.99. The highest BCUT2D eigenvalue weighted by Crippen LogP contribution is 2.45. The van der Waals surface area contributed by atoms with E-state index in [0.29, 0.717) is 31.6 Å². The molecule has 0 fully saturated rings. The van der Waals surface area contributed by atoms with Gasteiger partial charge in [-0.3, -0.25) is 37.3 Å². The fraction of sp³-hybridized carbons (Fsp3) is 0.952. The lowest BCUT2D eigenvalue weighted by Gasteiger charge is -2.21. The lowest BCUT2D eigenvalue weighted by molar-refractivity contribution is -0.161. The van der Waals surface area contributed by atoms with Crippen molar-refractivity contribution < 1.29 is 80.2 Å². The van der Waals surface area contributed by atoms with Crippen molar-refractivity contribution in [2.75, 3.05) is 39.6 Å². The molecule has 0 spiro atoms. The molecule has 0 radical (unpaired) electrons. The van der Waals surface area contributed by atoms with E-state index in [0.717, 1.165) is 108 Å². The summed E-state index contributed by atoms with van der Waals surface area (Å²) in [5.41, 5.74) is 0. The number of esters is 4. The van der Waals surface area contributed by atoms with Crippen LogP contribution in [0.1, 0.15) is 434 Å². The number of aliphatic hydroxyl groups excluding tert-OH is 1. The molecule has 0 aliphatic carbocycles. The Hall–Kier alpha value is -1.94. The first-order chi connectivity index (χ1) is 49.3. The molecule has 102 heavy (non-hydrogen) atoms. The van der Waals surface area contributed by atoms with Crippen LogP contribution in [-0.4, -0.2) is 96.7 Å². The summed E-state index contributed by atoms with van der Waals surface area (Å²) in [6, 6.07) is 0. The normalized spacial score (nSPS) is 14.2. The third-order valence-electron chi connectivity index (χ3n) is 19.7. The van der Waals surface area contributed by atoms with Gasteiger partial charge in [-0.2, -0.15) is 0 Å². The van der Waals surface area contributed by atoms with Gasteiger partial charge in [0.1, 0.15) is 19.3 Å². The number of carbonyl (C=O) groups excluding carboxylic acids is 4. The first-order valence-electron chi connectivity index (χ1n) is 42.9. The molecule has 3 unspecified atom stereocenters. The van der Waals surface area contributed by atoms with Gasteiger partial charge in [0.05, 0.1) is 26.4 Å².